The molecular weight excluding hydrogens is 190 g/mol. The summed E-state index contributed by atoms with van der Waals surface area (Å²) in [4.78, 5) is 13.8. The second-order valence-corrected chi connectivity index (χ2v) is 3.53. The molecule has 1 heterocycles. The molecule has 15 heavy (non-hydrogen) atoms. The van der Waals surface area contributed by atoms with Gasteiger partial charge in [0.25, 0.3) is 0 Å². The normalized spacial score (nSPS) is 12.3. The molecule has 3 heteroatoms. The molecule has 0 aliphatic heterocycles. The standard InChI is InChI=1S/C12H11NO2/c1-9(13-8-14)6-10-7-15-12-5-3-2-4-11(10)12/h2-5,7,9H,6H2,1H3. The Hall–Kier alpha value is -1.86. The fourth-order valence-electron chi connectivity index (χ4n) is 1.64. The highest BCUT2D eigenvalue weighted by atomic mass is 16.3. The molecule has 1 aromatic carbocycles. The molecule has 0 saturated carbocycles. The van der Waals surface area contributed by atoms with Gasteiger partial charge in [0, 0.05) is 10.9 Å². The molecule has 2 aromatic rings. The number of aliphatic imine (C=N–C) groups is 1. The van der Waals surface area contributed by atoms with Crippen LogP contribution in [0.4, 0.5) is 0 Å². The number of fused-ring (bicyclic) bond motifs is 1. The first-order chi connectivity index (χ1) is 7.31. The van der Waals surface area contributed by atoms with Crippen molar-refractivity contribution >= 4 is 17.0 Å². The Bertz CT molecular complexity index is 509. The fraction of sp³-hybridized carbons (Fsp3) is 0.250. The highest BCUT2D eigenvalue weighted by Crippen LogP contribution is 2.22. The Balaban J connectivity index is 2.32. The molecule has 0 saturated heterocycles. The van der Waals surface area contributed by atoms with E-state index in [0.29, 0.717) is 6.42 Å². The summed E-state index contributed by atoms with van der Waals surface area (Å²) in [6, 6.07) is 7.78. The number of benzene rings is 1. The first kappa shape index (κ1) is 9.69. The van der Waals surface area contributed by atoms with E-state index in [1.807, 2.05) is 31.2 Å². The molecular formula is C12H11NO2. The number of hydrogen-bond donors (Lipinski definition) is 0. The number of nitrogens with zero attached hydrogens (tertiary/aromatic N) is 1. The number of rotatable bonds is 3. The van der Waals surface area contributed by atoms with Gasteiger partial charge in [0.1, 0.15) is 5.58 Å². The number of hydrogen-bond acceptors (Lipinski definition) is 3. The van der Waals surface area contributed by atoms with E-state index in [9.17, 15) is 4.79 Å². The van der Waals surface area contributed by atoms with Crippen molar-refractivity contribution in [1.82, 2.24) is 0 Å². The van der Waals surface area contributed by atoms with Gasteiger partial charge in [0.05, 0.1) is 12.3 Å². The van der Waals surface area contributed by atoms with E-state index in [-0.39, 0.29) is 6.04 Å². The van der Waals surface area contributed by atoms with E-state index >= 15 is 0 Å². The molecule has 2 rings (SSSR count). The summed E-state index contributed by atoms with van der Waals surface area (Å²) in [5.41, 5.74) is 1.95. The lowest BCUT2D eigenvalue weighted by Crippen LogP contribution is -2.01. The summed E-state index contributed by atoms with van der Waals surface area (Å²) in [7, 11) is 0. The largest absolute Gasteiger partial charge is 0.464 e. The van der Waals surface area contributed by atoms with Crippen LogP contribution in [0.25, 0.3) is 11.0 Å². The van der Waals surface area contributed by atoms with Crippen LogP contribution in [0.2, 0.25) is 0 Å². The zero-order valence-corrected chi connectivity index (χ0v) is 8.43. The third-order valence-electron chi connectivity index (χ3n) is 2.35. The molecule has 0 spiro atoms. The molecule has 1 unspecified atom stereocenters. The maximum Gasteiger partial charge on any atom is 0.235 e. The third-order valence-corrected chi connectivity index (χ3v) is 2.35. The van der Waals surface area contributed by atoms with Crippen LogP contribution < -0.4 is 0 Å². The fourth-order valence-corrected chi connectivity index (χ4v) is 1.64. The van der Waals surface area contributed by atoms with Crippen LogP contribution in [0.5, 0.6) is 0 Å². The first-order valence-electron chi connectivity index (χ1n) is 4.83. The van der Waals surface area contributed by atoms with E-state index in [2.05, 4.69) is 4.99 Å². The highest BCUT2D eigenvalue weighted by molar-refractivity contribution is 5.80. The summed E-state index contributed by atoms with van der Waals surface area (Å²) in [5, 5.41) is 1.09. The summed E-state index contributed by atoms with van der Waals surface area (Å²) in [5.74, 6) is 0. The third kappa shape index (κ3) is 1.97. The summed E-state index contributed by atoms with van der Waals surface area (Å²) < 4.78 is 5.39. The van der Waals surface area contributed by atoms with Crippen molar-refractivity contribution in [2.75, 3.05) is 0 Å². The molecule has 0 fully saturated rings. The summed E-state index contributed by atoms with van der Waals surface area (Å²) >= 11 is 0. The lowest BCUT2D eigenvalue weighted by atomic mass is 10.1. The van der Waals surface area contributed by atoms with Crippen molar-refractivity contribution < 1.29 is 9.21 Å². The second-order valence-electron chi connectivity index (χ2n) is 3.53. The first-order valence-corrected chi connectivity index (χ1v) is 4.83. The van der Waals surface area contributed by atoms with Crippen LogP contribution in [0.1, 0.15) is 12.5 Å². The van der Waals surface area contributed by atoms with E-state index < -0.39 is 0 Å². The molecule has 76 valence electrons. The van der Waals surface area contributed by atoms with Crippen molar-refractivity contribution in [2.24, 2.45) is 4.99 Å². The van der Waals surface area contributed by atoms with Crippen molar-refractivity contribution in [1.29, 1.82) is 0 Å². The van der Waals surface area contributed by atoms with Gasteiger partial charge in [-0.05, 0) is 19.4 Å². The monoisotopic (exact) mass is 201 g/mol. The van der Waals surface area contributed by atoms with Gasteiger partial charge in [0.2, 0.25) is 6.08 Å². The van der Waals surface area contributed by atoms with E-state index in [0.717, 1.165) is 16.5 Å². The van der Waals surface area contributed by atoms with Gasteiger partial charge in [-0.15, -0.1) is 0 Å². The minimum Gasteiger partial charge on any atom is -0.464 e. The van der Waals surface area contributed by atoms with Crippen LogP contribution in [-0.4, -0.2) is 12.1 Å². The van der Waals surface area contributed by atoms with Gasteiger partial charge in [0.15, 0.2) is 0 Å². The van der Waals surface area contributed by atoms with Crippen LogP contribution in [0.15, 0.2) is 39.9 Å². The maximum absolute atomic E-state index is 10.1. The van der Waals surface area contributed by atoms with Gasteiger partial charge >= 0.3 is 0 Å². The predicted octanol–water partition coefficient (Wildman–Crippen LogP) is 2.70. The average Bonchev–Trinajstić information content (AvgIpc) is 2.62. The molecule has 1 atom stereocenters. The van der Waals surface area contributed by atoms with Gasteiger partial charge in [-0.3, -0.25) is 0 Å². The van der Waals surface area contributed by atoms with Crippen molar-refractivity contribution in [3.8, 4) is 0 Å². The topological polar surface area (TPSA) is 42.6 Å². The lowest BCUT2D eigenvalue weighted by molar-refractivity contribution is 0.557. The zero-order chi connectivity index (χ0) is 10.7. The lowest BCUT2D eigenvalue weighted by Gasteiger charge is -2.00. The van der Waals surface area contributed by atoms with Gasteiger partial charge < -0.3 is 4.42 Å². The smallest absolute Gasteiger partial charge is 0.235 e. The summed E-state index contributed by atoms with van der Waals surface area (Å²) in [6.07, 6.45) is 4.00. The van der Waals surface area contributed by atoms with Crippen LogP contribution in [0, 0.1) is 0 Å². The maximum atomic E-state index is 10.1. The minimum absolute atomic E-state index is 0.0523. The van der Waals surface area contributed by atoms with Crippen molar-refractivity contribution in [3.63, 3.8) is 0 Å². The molecule has 1 aromatic heterocycles. The van der Waals surface area contributed by atoms with Crippen LogP contribution in [0.3, 0.4) is 0 Å². The van der Waals surface area contributed by atoms with Gasteiger partial charge in [-0.1, -0.05) is 18.2 Å². The number of carbonyl (C=O) groups excluding carboxylic acids is 1. The van der Waals surface area contributed by atoms with Gasteiger partial charge in [-0.2, -0.15) is 0 Å². The van der Waals surface area contributed by atoms with Crippen molar-refractivity contribution in [2.45, 2.75) is 19.4 Å². The zero-order valence-electron chi connectivity index (χ0n) is 8.43. The van der Waals surface area contributed by atoms with Crippen molar-refractivity contribution in [3.05, 3.63) is 36.1 Å². The van der Waals surface area contributed by atoms with Crippen LogP contribution >= 0.6 is 0 Å². The quantitative estimate of drug-likeness (QED) is 0.566. The van der Waals surface area contributed by atoms with E-state index in [1.54, 1.807) is 12.3 Å². The molecule has 0 amide bonds. The highest BCUT2D eigenvalue weighted by Gasteiger charge is 2.08. The number of para-hydroxylation sites is 1. The molecule has 0 aliphatic rings. The Morgan fingerprint density at radius 2 is 2.27 bits per heavy atom. The molecule has 0 bridgehead atoms. The average molecular weight is 201 g/mol. The van der Waals surface area contributed by atoms with Crippen LogP contribution in [-0.2, 0) is 11.2 Å². The van der Waals surface area contributed by atoms with E-state index in [1.165, 1.54) is 0 Å². The van der Waals surface area contributed by atoms with E-state index in [4.69, 9.17) is 4.42 Å². The Morgan fingerprint density at radius 3 is 3.07 bits per heavy atom. The SMILES string of the molecule is CC(Cc1coc2ccccc12)N=C=O. The summed E-state index contributed by atoms with van der Waals surface area (Å²) in [6.45, 7) is 1.88. The molecule has 0 N–H and O–H groups in total. The number of isocyanates is 1. The van der Waals surface area contributed by atoms with Gasteiger partial charge in [-0.25, -0.2) is 9.79 Å². The Kier molecular flexibility index (Phi) is 2.66. The molecule has 0 radical (unpaired) electrons. The number of furan rings is 1. The molecule has 3 nitrogen and oxygen atoms in total. The minimum atomic E-state index is -0.0523. The Morgan fingerprint density at radius 1 is 1.47 bits per heavy atom. The second kappa shape index (κ2) is 4.11. The predicted molar refractivity (Wildman–Crippen MR) is 57.5 cm³/mol. The Labute approximate surface area is 87.4 Å². The molecule has 0 aliphatic carbocycles.